The molecule has 2 aromatic carbocycles. The van der Waals surface area contributed by atoms with Crippen LogP contribution in [0.15, 0.2) is 53.4 Å². The van der Waals surface area contributed by atoms with Crippen molar-refractivity contribution in [1.29, 1.82) is 0 Å². The Morgan fingerprint density at radius 3 is 2.30 bits per heavy atom. The van der Waals surface area contributed by atoms with Gasteiger partial charge in [0.25, 0.3) is 5.91 Å². The third-order valence-electron chi connectivity index (χ3n) is 3.84. The fraction of sp³-hybridized carbons (Fsp3) is 0.278. The molecule has 2 N–H and O–H groups in total. The number of nitrogens with one attached hydrogen (secondary N) is 2. The Balaban J connectivity index is 2.15. The van der Waals surface area contributed by atoms with Crippen LogP contribution in [0.2, 0.25) is 0 Å². The first-order valence-electron chi connectivity index (χ1n) is 8.14. The van der Waals surface area contributed by atoms with E-state index in [2.05, 4.69) is 10.0 Å². The summed E-state index contributed by atoms with van der Waals surface area (Å²) in [6.07, 6.45) is -3.89. The van der Waals surface area contributed by atoms with Crippen LogP contribution in [0.4, 0.5) is 18.9 Å². The van der Waals surface area contributed by atoms with Crippen molar-refractivity contribution in [3.8, 4) is 0 Å². The van der Waals surface area contributed by atoms with E-state index in [0.717, 1.165) is 12.1 Å². The first kappa shape index (κ1) is 20.9. The Kier molecular flexibility index (Phi) is 6.27. The lowest BCUT2D eigenvalue weighted by Gasteiger charge is -2.12. The summed E-state index contributed by atoms with van der Waals surface area (Å²) in [6, 6.07) is 9.15. The van der Waals surface area contributed by atoms with E-state index in [1.165, 1.54) is 36.4 Å². The van der Waals surface area contributed by atoms with E-state index >= 15 is 0 Å². The van der Waals surface area contributed by atoms with E-state index in [1.54, 1.807) is 6.92 Å². The number of carbonyl (C=O) groups excluding carboxylic acids is 1. The summed E-state index contributed by atoms with van der Waals surface area (Å²) in [5.41, 5.74) is -0.766. The van der Waals surface area contributed by atoms with Gasteiger partial charge < -0.3 is 5.32 Å². The topological polar surface area (TPSA) is 75.3 Å². The van der Waals surface area contributed by atoms with Crippen LogP contribution in [0.5, 0.6) is 0 Å². The summed E-state index contributed by atoms with van der Waals surface area (Å²) in [6.45, 7) is 3.57. The zero-order valence-corrected chi connectivity index (χ0v) is 15.5. The summed E-state index contributed by atoms with van der Waals surface area (Å²) in [5.74, 6) is -0.645. The van der Waals surface area contributed by atoms with Gasteiger partial charge in [-0.3, -0.25) is 4.79 Å². The van der Waals surface area contributed by atoms with Gasteiger partial charge in [-0.05, 0) is 55.8 Å². The number of sulfonamides is 1. The summed E-state index contributed by atoms with van der Waals surface area (Å²) in [7, 11) is -3.70. The van der Waals surface area contributed by atoms with Crippen LogP contribution in [0, 0.1) is 0 Å². The van der Waals surface area contributed by atoms with Crippen LogP contribution in [0.25, 0.3) is 0 Å². The van der Waals surface area contributed by atoms with Crippen LogP contribution in [-0.4, -0.2) is 20.4 Å². The average molecular weight is 400 g/mol. The summed E-state index contributed by atoms with van der Waals surface area (Å²) >= 11 is 0. The normalized spacial score (nSPS) is 13.2. The van der Waals surface area contributed by atoms with Gasteiger partial charge in [0.15, 0.2) is 0 Å². The van der Waals surface area contributed by atoms with Crippen LogP contribution in [0.1, 0.15) is 36.2 Å². The highest BCUT2D eigenvalue weighted by atomic mass is 32.2. The minimum Gasteiger partial charge on any atom is -0.322 e. The molecule has 9 heteroatoms. The number of amides is 1. The Morgan fingerprint density at radius 1 is 1.11 bits per heavy atom. The number of anilines is 1. The minimum atomic E-state index is -4.51. The quantitative estimate of drug-likeness (QED) is 0.769. The lowest BCUT2D eigenvalue weighted by Crippen LogP contribution is -2.32. The van der Waals surface area contributed by atoms with Gasteiger partial charge in [-0.1, -0.05) is 13.0 Å². The van der Waals surface area contributed by atoms with Crippen molar-refractivity contribution in [2.45, 2.75) is 37.4 Å². The smallest absolute Gasteiger partial charge is 0.322 e. The average Bonchev–Trinajstić information content (AvgIpc) is 2.61. The second-order valence-corrected chi connectivity index (χ2v) is 7.70. The second-order valence-electron chi connectivity index (χ2n) is 5.99. The molecule has 0 aliphatic heterocycles. The van der Waals surface area contributed by atoms with Crippen molar-refractivity contribution in [2.75, 3.05) is 5.32 Å². The molecule has 0 saturated heterocycles. The number of halogens is 3. The van der Waals surface area contributed by atoms with Gasteiger partial charge >= 0.3 is 6.18 Å². The standard InChI is InChI=1S/C18H19F3N2O3S/c1-3-12(2)23-27(25,26)16-9-7-13(8-10-16)17(24)22-15-6-4-5-14(11-15)18(19,20)21/h4-12,23H,3H2,1-2H3,(H,22,24). The summed E-state index contributed by atoms with van der Waals surface area (Å²) in [4.78, 5) is 12.2. The van der Waals surface area contributed by atoms with E-state index < -0.39 is 27.7 Å². The molecule has 0 fully saturated rings. The Morgan fingerprint density at radius 2 is 1.74 bits per heavy atom. The van der Waals surface area contributed by atoms with E-state index in [1.807, 2.05) is 6.92 Å². The number of alkyl halides is 3. The molecule has 1 atom stereocenters. The molecule has 0 aromatic heterocycles. The number of benzene rings is 2. The Bertz CT molecular complexity index is 910. The maximum atomic E-state index is 12.7. The van der Waals surface area contributed by atoms with Gasteiger partial charge in [-0.2, -0.15) is 13.2 Å². The molecule has 0 radical (unpaired) electrons. The van der Waals surface area contributed by atoms with Gasteiger partial charge in [0.05, 0.1) is 10.5 Å². The van der Waals surface area contributed by atoms with E-state index in [-0.39, 0.29) is 22.2 Å². The molecular weight excluding hydrogens is 381 g/mol. The third kappa shape index (κ3) is 5.54. The highest BCUT2D eigenvalue weighted by Crippen LogP contribution is 2.30. The lowest BCUT2D eigenvalue weighted by atomic mass is 10.1. The predicted molar refractivity (Wildman–Crippen MR) is 95.9 cm³/mol. The fourth-order valence-corrected chi connectivity index (χ4v) is 3.51. The molecule has 2 rings (SSSR count). The van der Waals surface area contributed by atoms with Gasteiger partial charge in [0, 0.05) is 17.3 Å². The van der Waals surface area contributed by atoms with Crippen LogP contribution >= 0.6 is 0 Å². The van der Waals surface area contributed by atoms with Crippen LogP contribution in [-0.2, 0) is 16.2 Å². The molecule has 0 spiro atoms. The molecule has 0 bridgehead atoms. The van der Waals surface area contributed by atoms with Gasteiger partial charge in [-0.15, -0.1) is 0 Å². The van der Waals surface area contributed by atoms with Gasteiger partial charge in [0.2, 0.25) is 10.0 Å². The van der Waals surface area contributed by atoms with E-state index in [9.17, 15) is 26.4 Å². The Labute approximate surface area is 155 Å². The monoisotopic (exact) mass is 400 g/mol. The van der Waals surface area contributed by atoms with Crippen molar-refractivity contribution in [1.82, 2.24) is 4.72 Å². The Hall–Kier alpha value is -2.39. The first-order chi connectivity index (χ1) is 12.5. The molecule has 27 heavy (non-hydrogen) atoms. The molecule has 5 nitrogen and oxygen atoms in total. The highest BCUT2D eigenvalue weighted by molar-refractivity contribution is 7.89. The molecule has 0 heterocycles. The third-order valence-corrected chi connectivity index (χ3v) is 5.45. The van der Waals surface area contributed by atoms with Gasteiger partial charge in [-0.25, -0.2) is 13.1 Å². The summed E-state index contributed by atoms with van der Waals surface area (Å²) in [5, 5.41) is 2.37. The predicted octanol–water partition coefficient (Wildman–Crippen LogP) is 4.03. The van der Waals surface area contributed by atoms with Crippen molar-refractivity contribution in [3.63, 3.8) is 0 Å². The molecule has 0 aliphatic carbocycles. The molecule has 146 valence electrons. The molecule has 1 unspecified atom stereocenters. The zero-order chi connectivity index (χ0) is 20.2. The van der Waals surface area contributed by atoms with Crippen molar-refractivity contribution in [2.24, 2.45) is 0 Å². The fourth-order valence-electron chi connectivity index (χ4n) is 2.18. The van der Waals surface area contributed by atoms with E-state index in [0.29, 0.717) is 6.42 Å². The first-order valence-corrected chi connectivity index (χ1v) is 9.62. The summed E-state index contributed by atoms with van der Waals surface area (Å²) < 4.78 is 65.0. The maximum absolute atomic E-state index is 12.7. The lowest BCUT2D eigenvalue weighted by molar-refractivity contribution is -0.137. The molecule has 0 aliphatic rings. The number of hydrogen-bond donors (Lipinski definition) is 2. The van der Waals surface area contributed by atoms with Crippen molar-refractivity contribution < 1.29 is 26.4 Å². The van der Waals surface area contributed by atoms with Crippen molar-refractivity contribution >= 4 is 21.6 Å². The largest absolute Gasteiger partial charge is 0.416 e. The van der Waals surface area contributed by atoms with Crippen LogP contribution in [0.3, 0.4) is 0 Å². The molecule has 0 saturated carbocycles. The second kappa shape index (κ2) is 8.10. The van der Waals surface area contributed by atoms with Gasteiger partial charge in [0.1, 0.15) is 0 Å². The highest BCUT2D eigenvalue weighted by Gasteiger charge is 2.30. The molecule has 1 amide bonds. The number of hydrogen-bond acceptors (Lipinski definition) is 3. The van der Waals surface area contributed by atoms with E-state index in [4.69, 9.17) is 0 Å². The zero-order valence-electron chi connectivity index (χ0n) is 14.7. The maximum Gasteiger partial charge on any atom is 0.416 e. The minimum absolute atomic E-state index is 0.00146. The number of carbonyl (C=O) groups is 1. The van der Waals surface area contributed by atoms with Crippen molar-refractivity contribution in [3.05, 3.63) is 59.7 Å². The van der Waals surface area contributed by atoms with Crippen LogP contribution < -0.4 is 10.0 Å². The molecular formula is C18H19F3N2O3S. The SMILES string of the molecule is CCC(C)NS(=O)(=O)c1ccc(C(=O)Nc2cccc(C(F)(F)F)c2)cc1. The molecule has 2 aromatic rings. The number of rotatable bonds is 6.